The molecule has 2 aliphatic rings. The maximum Gasteiger partial charge on any atom is 0.254 e. The molecule has 0 radical (unpaired) electrons. The van der Waals surface area contributed by atoms with E-state index in [0.29, 0.717) is 36.1 Å². The topological polar surface area (TPSA) is 60.2 Å². The number of likely N-dealkylation sites (tertiary alicyclic amines) is 1. The Morgan fingerprint density at radius 1 is 1.07 bits per heavy atom. The molecule has 1 amide bonds. The van der Waals surface area contributed by atoms with Crippen LogP contribution in [0.2, 0.25) is 0 Å². The number of carbonyl (C=O) groups is 1. The molecule has 1 aliphatic carbocycles. The van der Waals surface area contributed by atoms with Gasteiger partial charge in [0.25, 0.3) is 5.91 Å². The molecule has 0 bridgehead atoms. The largest absolute Gasteiger partial charge is 0.457 e. The first kappa shape index (κ1) is 17.8. The van der Waals surface area contributed by atoms with Crippen molar-refractivity contribution in [3.63, 3.8) is 0 Å². The van der Waals surface area contributed by atoms with Crippen LogP contribution in [-0.2, 0) is 0 Å². The Morgan fingerprint density at radius 3 is 2.69 bits per heavy atom. The molecule has 1 aliphatic heterocycles. The fraction of sp³-hybridized carbons (Fsp3) is 0.318. The molecule has 0 spiro atoms. The fourth-order valence-corrected chi connectivity index (χ4v) is 3.69. The van der Waals surface area contributed by atoms with Crippen molar-refractivity contribution in [2.24, 2.45) is 0 Å². The van der Waals surface area contributed by atoms with Crippen molar-refractivity contribution in [1.82, 2.24) is 19.9 Å². The summed E-state index contributed by atoms with van der Waals surface area (Å²) in [6.45, 7) is 1.31. The monoisotopic (exact) mass is 392 g/mol. The van der Waals surface area contributed by atoms with Crippen LogP contribution in [0.5, 0.6) is 11.5 Å². The first-order chi connectivity index (χ1) is 14.2. The van der Waals surface area contributed by atoms with Gasteiger partial charge in [-0.3, -0.25) is 4.79 Å². The van der Waals surface area contributed by atoms with Crippen LogP contribution in [0.3, 0.4) is 0 Å². The second kappa shape index (κ2) is 7.31. The van der Waals surface area contributed by atoms with E-state index in [-0.39, 0.29) is 17.8 Å². The predicted octanol–water partition coefficient (Wildman–Crippen LogP) is 4.17. The van der Waals surface area contributed by atoms with Crippen LogP contribution in [0.15, 0.2) is 54.7 Å². The highest BCUT2D eigenvalue weighted by molar-refractivity contribution is 5.94. The summed E-state index contributed by atoms with van der Waals surface area (Å²) in [6.07, 6.45) is 5.30. The zero-order valence-electron chi connectivity index (χ0n) is 15.9. The Bertz CT molecular complexity index is 1030. The Balaban J connectivity index is 1.26. The van der Waals surface area contributed by atoms with E-state index >= 15 is 0 Å². The smallest absolute Gasteiger partial charge is 0.254 e. The minimum atomic E-state index is -0.318. The van der Waals surface area contributed by atoms with E-state index in [1.165, 1.54) is 25.0 Å². The van der Waals surface area contributed by atoms with Gasteiger partial charge in [-0.05, 0) is 61.7 Å². The lowest BCUT2D eigenvalue weighted by atomic mass is 10.2. The highest BCUT2D eigenvalue weighted by Crippen LogP contribution is 2.39. The second-order valence-corrected chi connectivity index (χ2v) is 7.68. The van der Waals surface area contributed by atoms with Crippen LogP contribution in [0.25, 0.3) is 0 Å². The number of halogens is 1. The average molecular weight is 392 g/mol. The molecular formula is C22H21FN4O2. The van der Waals surface area contributed by atoms with Crippen molar-refractivity contribution < 1.29 is 13.9 Å². The van der Waals surface area contributed by atoms with Crippen LogP contribution in [0.1, 0.15) is 47.3 Å². The quantitative estimate of drug-likeness (QED) is 0.654. The van der Waals surface area contributed by atoms with Crippen molar-refractivity contribution >= 4 is 5.91 Å². The van der Waals surface area contributed by atoms with Gasteiger partial charge < -0.3 is 9.64 Å². The third-order valence-electron chi connectivity index (χ3n) is 5.48. The number of ether oxygens (including phenoxy) is 1. The van der Waals surface area contributed by atoms with Gasteiger partial charge in [-0.2, -0.15) is 0 Å². The summed E-state index contributed by atoms with van der Waals surface area (Å²) >= 11 is 0. The van der Waals surface area contributed by atoms with Crippen LogP contribution in [-0.4, -0.2) is 38.9 Å². The number of amides is 1. The maximum atomic E-state index is 13.1. The Kier molecular flexibility index (Phi) is 4.50. The van der Waals surface area contributed by atoms with E-state index in [1.807, 2.05) is 15.8 Å². The van der Waals surface area contributed by atoms with E-state index in [0.717, 1.165) is 12.1 Å². The van der Waals surface area contributed by atoms with Crippen molar-refractivity contribution in [3.8, 4) is 11.5 Å². The van der Waals surface area contributed by atoms with Crippen LogP contribution < -0.4 is 4.74 Å². The molecule has 148 valence electrons. The minimum Gasteiger partial charge on any atom is -0.457 e. The van der Waals surface area contributed by atoms with Gasteiger partial charge in [-0.1, -0.05) is 11.3 Å². The van der Waals surface area contributed by atoms with Crippen molar-refractivity contribution in [2.45, 2.75) is 31.2 Å². The number of hydrogen-bond donors (Lipinski definition) is 0. The van der Waals surface area contributed by atoms with Gasteiger partial charge >= 0.3 is 0 Å². The van der Waals surface area contributed by atoms with Crippen molar-refractivity contribution in [1.29, 1.82) is 0 Å². The molecule has 2 heterocycles. The van der Waals surface area contributed by atoms with Gasteiger partial charge in [0.2, 0.25) is 0 Å². The van der Waals surface area contributed by atoms with E-state index in [1.54, 1.807) is 36.4 Å². The second-order valence-electron chi connectivity index (χ2n) is 7.68. The van der Waals surface area contributed by atoms with Gasteiger partial charge in [-0.25, -0.2) is 9.07 Å². The first-order valence-electron chi connectivity index (χ1n) is 9.90. The molecule has 2 aromatic carbocycles. The number of nitrogens with zero attached hydrogens (tertiary/aromatic N) is 4. The molecule has 1 unspecified atom stereocenters. The van der Waals surface area contributed by atoms with Crippen LogP contribution in [0, 0.1) is 5.82 Å². The Labute approximate surface area is 167 Å². The zero-order chi connectivity index (χ0) is 19.8. The average Bonchev–Trinajstić information content (AvgIpc) is 3.26. The molecule has 1 atom stereocenters. The minimum absolute atomic E-state index is 0.0282. The standard InChI is InChI=1S/C22H21FN4O2/c23-17-6-8-19(9-7-17)29-20-3-1-2-16(12-20)22(28)26-11-10-18(13-26)27-14-21(24-25-27)15-4-5-15/h1-3,6-9,12,14-15,18H,4-5,10-11,13H2. The SMILES string of the molecule is O=C(c1cccc(Oc2ccc(F)cc2)c1)N1CCC(n2cc(C3CC3)nn2)C1. The summed E-state index contributed by atoms with van der Waals surface area (Å²) < 4.78 is 20.7. The molecule has 6 nitrogen and oxygen atoms in total. The lowest BCUT2D eigenvalue weighted by Gasteiger charge is -2.17. The highest BCUT2D eigenvalue weighted by Gasteiger charge is 2.31. The first-order valence-corrected chi connectivity index (χ1v) is 9.90. The van der Waals surface area contributed by atoms with Gasteiger partial charge in [0.05, 0.1) is 11.7 Å². The summed E-state index contributed by atoms with van der Waals surface area (Å²) in [5.41, 5.74) is 1.64. The molecule has 29 heavy (non-hydrogen) atoms. The summed E-state index contributed by atoms with van der Waals surface area (Å²) in [5.74, 6) is 1.30. The summed E-state index contributed by atoms with van der Waals surface area (Å²) in [5, 5.41) is 8.55. The molecule has 7 heteroatoms. The van der Waals surface area contributed by atoms with Crippen molar-refractivity contribution in [3.05, 3.63) is 71.8 Å². The van der Waals surface area contributed by atoms with E-state index in [9.17, 15) is 9.18 Å². The molecule has 1 saturated heterocycles. The lowest BCUT2D eigenvalue weighted by molar-refractivity contribution is 0.0786. The molecule has 1 saturated carbocycles. The summed E-state index contributed by atoms with van der Waals surface area (Å²) in [4.78, 5) is 14.8. The van der Waals surface area contributed by atoms with E-state index in [4.69, 9.17) is 4.74 Å². The normalized spacial score (nSPS) is 18.8. The van der Waals surface area contributed by atoms with Crippen LogP contribution in [0.4, 0.5) is 4.39 Å². The van der Waals surface area contributed by atoms with E-state index in [2.05, 4.69) is 10.3 Å². The summed E-state index contributed by atoms with van der Waals surface area (Å²) in [7, 11) is 0. The number of benzene rings is 2. The zero-order valence-corrected chi connectivity index (χ0v) is 15.9. The molecule has 5 rings (SSSR count). The molecule has 1 aromatic heterocycles. The molecule has 3 aromatic rings. The predicted molar refractivity (Wildman–Crippen MR) is 104 cm³/mol. The van der Waals surface area contributed by atoms with Gasteiger partial charge in [-0.15, -0.1) is 5.10 Å². The maximum absolute atomic E-state index is 13.1. The summed E-state index contributed by atoms with van der Waals surface area (Å²) in [6, 6.07) is 13.0. The van der Waals surface area contributed by atoms with E-state index < -0.39 is 0 Å². The Morgan fingerprint density at radius 2 is 1.90 bits per heavy atom. The third-order valence-corrected chi connectivity index (χ3v) is 5.48. The van der Waals surface area contributed by atoms with Crippen LogP contribution >= 0.6 is 0 Å². The highest BCUT2D eigenvalue weighted by atomic mass is 19.1. The lowest BCUT2D eigenvalue weighted by Crippen LogP contribution is -2.29. The van der Waals surface area contributed by atoms with Gasteiger partial charge in [0.1, 0.15) is 17.3 Å². The number of hydrogen-bond acceptors (Lipinski definition) is 4. The number of rotatable bonds is 5. The molecular weight excluding hydrogens is 371 g/mol. The van der Waals surface area contributed by atoms with Gasteiger partial charge in [0, 0.05) is 30.8 Å². The number of aromatic nitrogens is 3. The molecule has 0 N–H and O–H groups in total. The fourth-order valence-electron chi connectivity index (χ4n) is 3.69. The number of carbonyl (C=O) groups excluding carboxylic acids is 1. The van der Waals surface area contributed by atoms with Gasteiger partial charge in [0.15, 0.2) is 0 Å². The van der Waals surface area contributed by atoms with Crippen molar-refractivity contribution in [2.75, 3.05) is 13.1 Å². The Hall–Kier alpha value is -3.22. The third kappa shape index (κ3) is 3.85. The molecule has 2 fully saturated rings.